The Bertz CT molecular complexity index is 1250. The van der Waals surface area contributed by atoms with Gasteiger partial charge in [0.05, 0.1) is 30.2 Å². The molecule has 8 heteroatoms. The number of fused-ring (bicyclic) bond motifs is 1. The van der Waals surface area contributed by atoms with E-state index >= 15 is 0 Å². The summed E-state index contributed by atoms with van der Waals surface area (Å²) >= 11 is 0. The van der Waals surface area contributed by atoms with Gasteiger partial charge in [-0.2, -0.15) is 0 Å². The van der Waals surface area contributed by atoms with Gasteiger partial charge in [0, 0.05) is 35.8 Å². The molecule has 0 aliphatic carbocycles. The van der Waals surface area contributed by atoms with Crippen LogP contribution < -0.4 is 10.2 Å². The van der Waals surface area contributed by atoms with E-state index < -0.39 is 11.6 Å². The van der Waals surface area contributed by atoms with Crippen LogP contribution in [-0.4, -0.2) is 40.5 Å². The van der Waals surface area contributed by atoms with Crippen molar-refractivity contribution in [3.63, 3.8) is 0 Å². The number of amides is 1. The van der Waals surface area contributed by atoms with E-state index in [9.17, 15) is 13.6 Å². The molecule has 2 aromatic carbocycles. The molecule has 0 atom stereocenters. The summed E-state index contributed by atoms with van der Waals surface area (Å²) in [4.78, 5) is 25.7. The zero-order chi connectivity index (χ0) is 20.7. The number of halogens is 2. The lowest BCUT2D eigenvalue weighted by Crippen LogP contribution is -2.48. The van der Waals surface area contributed by atoms with Crippen LogP contribution in [0.4, 0.5) is 14.6 Å². The minimum atomic E-state index is -0.614. The van der Waals surface area contributed by atoms with Crippen LogP contribution >= 0.6 is 0 Å². The first-order chi connectivity index (χ1) is 14.6. The van der Waals surface area contributed by atoms with Gasteiger partial charge >= 0.3 is 0 Å². The summed E-state index contributed by atoms with van der Waals surface area (Å²) in [6.45, 7) is 1.42. The summed E-state index contributed by atoms with van der Waals surface area (Å²) in [6, 6.07) is 9.03. The van der Waals surface area contributed by atoms with E-state index in [2.05, 4.69) is 20.3 Å². The summed E-state index contributed by atoms with van der Waals surface area (Å²) < 4.78 is 28.5. The summed E-state index contributed by atoms with van der Waals surface area (Å²) in [5.74, 6) is -0.682. The number of nitrogens with one attached hydrogen (secondary N) is 2. The maximum Gasteiger partial charge on any atom is 0.239 e. The first-order valence-corrected chi connectivity index (χ1v) is 9.50. The van der Waals surface area contributed by atoms with Crippen LogP contribution in [0.5, 0.6) is 0 Å². The van der Waals surface area contributed by atoms with Crippen LogP contribution in [-0.2, 0) is 4.79 Å². The van der Waals surface area contributed by atoms with Gasteiger partial charge in [-0.25, -0.2) is 13.8 Å². The lowest BCUT2D eigenvalue weighted by Gasteiger charge is -2.27. The third-order valence-corrected chi connectivity index (χ3v) is 5.19. The molecule has 4 aromatic rings. The van der Waals surface area contributed by atoms with E-state index in [0.717, 1.165) is 16.5 Å². The maximum atomic E-state index is 14.3. The minimum Gasteiger partial charge on any atom is -0.360 e. The van der Waals surface area contributed by atoms with E-state index in [1.807, 2.05) is 4.90 Å². The Balaban J connectivity index is 1.59. The van der Waals surface area contributed by atoms with Gasteiger partial charge < -0.3 is 15.2 Å². The van der Waals surface area contributed by atoms with E-state index in [-0.39, 0.29) is 18.0 Å². The Hall–Kier alpha value is -3.81. The molecule has 30 heavy (non-hydrogen) atoms. The standard InChI is InChI=1S/C22H17F2N5O/c23-16-2-1-3-17(24)22(16)13-4-5-18-14(8-13)15(9-27-18)19-10-25-11-20(28-19)29-7-6-26-21(30)12-29/h1-5,8-11,27H,6-7,12H2,(H,26,30). The molecule has 5 rings (SSSR count). The fourth-order valence-corrected chi connectivity index (χ4v) is 3.73. The number of aromatic nitrogens is 3. The number of rotatable bonds is 3. The monoisotopic (exact) mass is 405 g/mol. The fourth-order valence-electron chi connectivity index (χ4n) is 3.73. The predicted octanol–water partition coefficient (Wildman–Crippen LogP) is 3.51. The fraction of sp³-hybridized carbons (Fsp3) is 0.136. The number of carbonyl (C=O) groups is 1. The molecule has 2 aromatic heterocycles. The highest BCUT2D eigenvalue weighted by Crippen LogP contribution is 2.33. The highest BCUT2D eigenvalue weighted by molar-refractivity contribution is 5.97. The number of aromatic amines is 1. The summed E-state index contributed by atoms with van der Waals surface area (Å²) in [6.07, 6.45) is 5.05. The topological polar surface area (TPSA) is 73.9 Å². The quantitative estimate of drug-likeness (QED) is 0.547. The molecule has 1 aliphatic rings. The molecule has 2 N–H and O–H groups in total. The van der Waals surface area contributed by atoms with Gasteiger partial charge in [-0.3, -0.25) is 9.78 Å². The SMILES string of the molecule is O=C1CN(c2cncc(-c3c[nH]c4ccc(-c5c(F)cccc5F)cc34)n2)CCN1. The van der Waals surface area contributed by atoms with Crippen LogP contribution in [0.25, 0.3) is 33.3 Å². The van der Waals surface area contributed by atoms with Gasteiger partial charge in [-0.15, -0.1) is 0 Å². The van der Waals surface area contributed by atoms with Gasteiger partial charge in [0.15, 0.2) is 0 Å². The maximum absolute atomic E-state index is 14.3. The van der Waals surface area contributed by atoms with Crippen LogP contribution in [0, 0.1) is 11.6 Å². The molecule has 0 radical (unpaired) electrons. The number of benzene rings is 2. The van der Waals surface area contributed by atoms with E-state index in [1.165, 1.54) is 18.2 Å². The summed E-state index contributed by atoms with van der Waals surface area (Å²) in [7, 11) is 0. The molecule has 3 heterocycles. The van der Waals surface area contributed by atoms with Crippen molar-refractivity contribution in [1.82, 2.24) is 20.3 Å². The molecular formula is C22H17F2N5O. The van der Waals surface area contributed by atoms with Crippen LogP contribution in [0.3, 0.4) is 0 Å². The second-order valence-electron chi connectivity index (χ2n) is 7.09. The average molecular weight is 405 g/mol. The first-order valence-electron chi connectivity index (χ1n) is 9.50. The number of hydrogen-bond acceptors (Lipinski definition) is 4. The number of H-pyrrole nitrogens is 1. The highest BCUT2D eigenvalue weighted by Gasteiger charge is 2.19. The van der Waals surface area contributed by atoms with E-state index in [4.69, 9.17) is 0 Å². The van der Waals surface area contributed by atoms with Crippen molar-refractivity contribution in [2.75, 3.05) is 24.5 Å². The second-order valence-corrected chi connectivity index (χ2v) is 7.09. The summed E-state index contributed by atoms with van der Waals surface area (Å²) in [5.41, 5.74) is 2.56. The number of carbonyl (C=O) groups excluding carboxylic acids is 1. The molecule has 1 amide bonds. The van der Waals surface area contributed by atoms with Crippen molar-refractivity contribution in [3.8, 4) is 22.4 Å². The third kappa shape index (κ3) is 3.16. The average Bonchev–Trinajstić information content (AvgIpc) is 3.17. The first kappa shape index (κ1) is 18.2. The molecule has 0 bridgehead atoms. The van der Waals surface area contributed by atoms with Crippen molar-refractivity contribution >= 4 is 22.6 Å². The van der Waals surface area contributed by atoms with Crippen molar-refractivity contribution in [1.29, 1.82) is 0 Å². The molecule has 150 valence electrons. The largest absolute Gasteiger partial charge is 0.360 e. The van der Waals surface area contributed by atoms with Gasteiger partial charge in [0.25, 0.3) is 0 Å². The summed E-state index contributed by atoms with van der Waals surface area (Å²) in [5, 5.41) is 3.56. The lowest BCUT2D eigenvalue weighted by atomic mass is 10.0. The number of nitrogens with zero attached hydrogens (tertiary/aromatic N) is 3. The van der Waals surface area contributed by atoms with Crippen molar-refractivity contribution in [3.05, 3.63) is 66.6 Å². The predicted molar refractivity (Wildman–Crippen MR) is 110 cm³/mol. The van der Waals surface area contributed by atoms with Gasteiger partial charge in [0.1, 0.15) is 17.5 Å². The number of piperazine rings is 1. The molecule has 1 saturated heterocycles. The highest BCUT2D eigenvalue weighted by atomic mass is 19.1. The Morgan fingerprint density at radius 2 is 1.90 bits per heavy atom. The second kappa shape index (κ2) is 7.22. The number of hydrogen-bond donors (Lipinski definition) is 2. The van der Waals surface area contributed by atoms with E-state index in [0.29, 0.717) is 30.2 Å². The van der Waals surface area contributed by atoms with Gasteiger partial charge in [0.2, 0.25) is 5.91 Å². The zero-order valence-electron chi connectivity index (χ0n) is 15.8. The van der Waals surface area contributed by atoms with Crippen molar-refractivity contribution < 1.29 is 13.6 Å². The molecular weight excluding hydrogens is 388 g/mol. The number of anilines is 1. The van der Waals surface area contributed by atoms with Crippen LogP contribution in [0.2, 0.25) is 0 Å². The lowest BCUT2D eigenvalue weighted by molar-refractivity contribution is -0.120. The smallest absolute Gasteiger partial charge is 0.239 e. The molecule has 0 spiro atoms. The van der Waals surface area contributed by atoms with Crippen LogP contribution in [0.1, 0.15) is 0 Å². The third-order valence-electron chi connectivity index (χ3n) is 5.19. The zero-order valence-corrected chi connectivity index (χ0v) is 15.8. The molecule has 1 fully saturated rings. The van der Waals surface area contributed by atoms with Crippen molar-refractivity contribution in [2.45, 2.75) is 0 Å². The van der Waals surface area contributed by atoms with Gasteiger partial charge in [-0.05, 0) is 29.8 Å². The van der Waals surface area contributed by atoms with E-state index in [1.54, 1.807) is 36.8 Å². The Morgan fingerprint density at radius 1 is 1.07 bits per heavy atom. The molecule has 1 aliphatic heterocycles. The van der Waals surface area contributed by atoms with Gasteiger partial charge in [-0.1, -0.05) is 12.1 Å². The minimum absolute atomic E-state index is 0.0582. The Kier molecular flexibility index (Phi) is 4.39. The molecule has 0 saturated carbocycles. The Labute approximate surface area is 170 Å². The van der Waals surface area contributed by atoms with Crippen molar-refractivity contribution in [2.24, 2.45) is 0 Å². The Morgan fingerprint density at radius 3 is 2.70 bits per heavy atom. The van der Waals surface area contributed by atoms with Crippen LogP contribution in [0.15, 0.2) is 55.0 Å². The molecule has 0 unspecified atom stereocenters. The molecule has 6 nitrogen and oxygen atoms in total. The normalized spacial score (nSPS) is 14.2.